The highest BCUT2D eigenvalue weighted by molar-refractivity contribution is 5.79. The van der Waals surface area contributed by atoms with Gasteiger partial charge in [0, 0.05) is 50.4 Å². The smallest absolute Gasteiger partial charge is 0.193 e. The zero-order chi connectivity index (χ0) is 22.1. The highest BCUT2D eigenvalue weighted by Gasteiger charge is 2.34. The molecule has 31 heavy (non-hydrogen) atoms. The van der Waals surface area contributed by atoms with Gasteiger partial charge in [0.1, 0.15) is 11.5 Å². The van der Waals surface area contributed by atoms with Crippen molar-refractivity contribution in [3.63, 3.8) is 0 Å². The largest absolute Gasteiger partial charge is 0.497 e. The number of nitrogens with one attached hydrogen (secondary N) is 1. The lowest BCUT2D eigenvalue weighted by Crippen LogP contribution is -2.41. The van der Waals surface area contributed by atoms with E-state index in [0.717, 1.165) is 62.2 Å². The Morgan fingerprint density at radius 1 is 1.10 bits per heavy atom. The third-order valence-electron chi connectivity index (χ3n) is 5.97. The summed E-state index contributed by atoms with van der Waals surface area (Å²) in [6.45, 7) is 5.87. The molecular formula is C25H35N3O3. The summed E-state index contributed by atoms with van der Waals surface area (Å²) in [4.78, 5) is 7.23. The topological polar surface area (TPSA) is 55.3 Å². The van der Waals surface area contributed by atoms with E-state index in [1.807, 2.05) is 18.2 Å². The fraction of sp³-hybridized carbons (Fsp3) is 0.480. The van der Waals surface area contributed by atoms with Crippen LogP contribution in [0.2, 0.25) is 0 Å². The summed E-state index contributed by atoms with van der Waals surface area (Å²) in [7, 11) is 5.41. The summed E-state index contributed by atoms with van der Waals surface area (Å²) in [5, 5.41) is 3.45. The second-order valence-electron chi connectivity index (χ2n) is 7.96. The van der Waals surface area contributed by atoms with Gasteiger partial charge in [-0.2, -0.15) is 0 Å². The van der Waals surface area contributed by atoms with Crippen LogP contribution in [0.25, 0.3) is 0 Å². The van der Waals surface area contributed by atoms with Crippen molar-refractivity contribution in [2.75, 3.05) is 47.6 Å². The van der Waals surface area contributed by atoms with E-state index in [4.69, 9.17) is 19.2 Å². The van der Waals surface area contributed by atoms with Crippen molar-refractivity contribution in [1.82, 2.24) is 10.2 Å². The Morgan fingerprint density at radius 2 is 1.84 bits per heavy atom. The normalized spacial score (nSPS) is 15.9. The SMILES string of the molecule is CCNC(=NCC1(c2ccccc2)CCOCC1)N(C)Cc1ccc(OC)cc1OC. The van der Waals surface area contributed by atoms with Crippen LogP contribution in [-0.4, -0.2) is 58.4 Å². The Kier molecular flexibility index (Phi) is 8.18. The van der Waals surface area contributed by atoms with Gasteiger partial charge in [-0.15, -0.1) is 0 Å². The molecule has 1 heterocycles. The van der Waals surface area contributed by atoms with Gasteiger partial charge >= 0.3 is 0 Å². The van der Waals surface area contributed by atoms with Crippen LogP contribution in [0.1, 0.15) is 30.9 Å². The summed E-state index contributed by atoms with van der Waals surface area (Å²) in [6, 6.07) is 16.7. The third-order valence-corrected chi connectivity index (χ3v) is 5.97. The lowest BCUT2D eigenvalue weighted by molar-refractivity contribution is 0.0530. The van der Waals surface area contributed by atoms with Gasteiger partial charge in [-0.25, -0.2) is 0 Å². The summed E-state index contributed by atoms with van der Waals surface area (Å²) in [5.41, 5.74) is 2.44. The van der Waals surface area contributed by atoms with E-state index in [2.05, 4.69) is 54.5 Å². The Bertz CT molecular complexity index is 848. The first-order valence-electron chi connectivity index (χ1n) is 11.0. The van der Waals surface area contributed by atoms with Gasteiger partial charge in [0.05, 0.1) is 20.8 Å². The fourth-order valence-electron chi connectivity index (χ4n) is 4.10. The molecule has 0 atom stereocenters. The molecule has 1 fully saturated rings. The summed E-state index contributed by atoms with van der Waals surface area (Å²) >= 11 is 0. The lowest BCUT2D eigenvalue weighted by Gasteiger charge is -2.37. The number of rotatable bonds is 8. The molecule has 1 aliphatic heterocycles. The van der Waals surface area contributed by atoms with E-state index >= 15 is 0 Å². The minimum absolute atomic E-state index is 0.0127. The zero-order valence-corrected chi connectivity index (χ0v) is 19.2. The number of methoxy groups -OCH3 is 2. The molecule has 0 radical (unpaired) electrons. The maximum absolute atomic E-state index is 5.67. The molecule has 3 rings (SSSR count). The average molecular weight is 426 g/mol. The molecule has 0 saturated carbocycles. The van der Waals surface area contributed by atoms with Crippen molar-refractivity contribution in [1.29, 1.82) is 0 Å². The van der Waals surface area contributed by atoms with Crippen molar-refractivity contribution < 1.29 is 14.2 Å². The second kappa shape index (κ2) is 11.0. The highest BCUT2D eigenvalue weighted by atomic mass is 16.5. The number of hydrogen-bond donors (Lipinski definition) is 1. The Morgan fingerprint density at radius 3 is 2.48 bits per heavy atom. The number of ether oxygens (including phenoxy) is 3. The highest BCUT2D eigenvalue weighted by Crippen LogP contribution is 2.35. The molecule has 6 nitrogen and oxygen atoms in total. The molecule has 1 N–H and O–H groups in total. The van der Waals surface area contributed by atoms with Crippen molar-refractivity contribution in [2.24, 2.45) is 4.99 Å². The fourth-order valence-corrected chi connectivity index (χ4v) is 4.10. The number of guanidine groups is 1. The summed E-state index contributed by atoms with van der Waals surface area (Å²) in [5.74, 6) is 2.49. The molecule has 0 bridgehead atoms. The van der Waals surface area contributed by atoms with Crippen molar-refractivity contribution in [3.05, 3.63) is 59.7 Å². The van der Waals surface area contributed by atoms with Crippen LogP contribution in [0.3, 0.4) is 0 Å². The number of nitrogens with zero attached hydrogens (tertiary/aromatic N) is 2. The number of benzene rings is 2. The molecule has 0 aliphatic carbocycles. The minimum Gasteiger partial charge on any atom is -0.497 e. The quantitative estimate of drug-likeness (QED) is 0.514. The Labute approximate surface area is 186 Å². The molecule has 0 amide bonds. The molecule has 6 heteroatoms. The van der Waals surface area contributed by atoms with Crippen LogP contribution in [0.15, 0.2) is 53.5 Å². The van der Waals surface area contributed by atoms with Gasteiger partial charge in [-0.05, 0) is 37.5 Å². The lowest BCUT2D eigenvalue weighted by atomic mass is 9.74. The van der Waals surface area contributed by atoms with E-state index in [-0.39, 0.29) is 5.41 Å². The molecule has 2 aromatic rings. The van der Waals surface area contributed by atoms with E-state index in [1.165, 1.54) is 5.56 Å². The van der Waals surface area contributed by atoms with E-state index in [0.29, 0.717) is 6.54 Å². The molecule has 0 aromatic heterocycles. The zero-order valence-electron chi connectivity index (χ0n) is 19.2. The van der Waals surface area contributed by atoms with Gasteiger partial charge in [0.2, 0.25) is 0 Å². The first kappa shape index (κ1) is 22.9. The van der Waals surface area contributed by atoms with Crippen molar-refractivity contribution in [2.45, 2.75) is 31.7 Å². The predicted molar refractivity (Wildman–Crippen MR) is 125 cm³/mol. The van der Waals surface area contributed by atoms with Crippen LogP contribution >= 0.6 is 0 Å². The van der Waals surface area contributed by atoms with E-state index in [1.54, 1.807) is 14.2 Å². The molecule has 2 aromatic carbocycles. The number of aliphatic imine (C=N–C) groups is 1. The maximum Gasteiger partial charge on any atom is 0.193 e. The second-order valence-corrected chi connectivity index (χ2v) is 7.96. The van der Waals surface area contributed by atoms with Crippen LogP contribution in [0.4, 0.5) is 0 Å². The monoisotopic (exact) mass is 425 g/mol. The average Bonchev–Trinajstić information content (AvgIpc) is 2.83. The van der Waals surface area contributed by atoms with Gasteiger partial charge in [0.25, 0.3) is 0 Å². The van der Waals surface area contributed by atoms with Crippen LogP contribution < -0.4 is 14.8 Å². The van der Waals surface area contributed by atoms with Crippen LogP contribution in [-0.2, 0) is 16.7 Å². The summed E-state index contributed by atoms with van der Waals surface area (Å²) in [6.07, 6.45) is 1.96. The van der Waals surface area contributed by atoms with Gasteiger partial charge in [-0.3, -0.25) is 4.99 Å². The van der Waals surface area contributed by atoms with Gasteiger partial charge < -0.3 is 24.4 Å². The first-order valence-corrected chi connectivity index (χ1v) is 11.0. The van der Waals surface area contributed by atoms with Gasteiger partial charge in [0.15, 0.2) is 5.96 Å². The van der Waals surface area contributed by atoms with Crippen LogP contribution in [0, 0.1) is 0 Å². The Hall–Kier alpha value is -2.73. The molecule has 0 spiro atoms. The standard InChI is InChI=1S/C25H35N3O3/c1-5-26-24(28(2)18-20-11-12-22(29-3)17-23(20)30-4)27-19-25(13-15-31-16-14-25)21-9-7-6-8-10-21/h6-12,17H,5,13-16,18-19H2,1-4H3,(H,26,27). The molecule has 0 unspecified atom stereocenters. The van der Waals surface area contributed by atoms with Crippen molar-refractivity contribution in [3.8, 4) is 11.5 Å². The van der Waals surface area contributed by atoms with E-state index in [9.17, 15) is 0 Å². The molecular weight excluding hydrogens is 390 g/mol. The molecule has 168 valence electrons. The maximum atomic E-state index is 5.67. The predicted octanol–water partition coefficient (Wildman–Crippen LogP) is 3.85. The van der Waals surface area contributed by atoms with E-state index < -0.39 is 0 Å². The first-order chi connectivity index (χ1) is 15.1. The molecule has 1 saturated heterocycles. The molecule has 1 aliphatic rings. The van der Waals surface area contributed by atoms with Crippen LogP contribution in [0.5, 0.6) is 11.5 Å². The Balaban J connectivity index is 1.81. The summed E-state index contributed by atoms with van der Waals surface area (Å²) < 4.78 is 16.6. The third kappa shape index (κ3) is 5.70. The van der Waals surface area contributed by atoms with Crippen molar-refractivity contribution >= 4 is 5.96 Å². The number of hydrogen-bond acceptors (Lipinski definition) is 4. The van der Waals surface area contributed by atoms with Gasteiger partial charge in [-0.1, -0.05) is 30.3 Å². The minimum atomic E-state index is 0.0127.